The fourth-order valence-electron chi connectivity index (χ4n) is 1.82. The zero-order valence-corrected chi connectivity index (χ0v) is 12.2. The molecule has 0 saturated heterocycles. The van der Waals surface area contributed by atoms with Crippen LogP contribution in [0.25, 0.3) is 0 Å². The molecule has 0 aromatic heterocycles. The van der Waals surface area contributed by atoms with Crippen LogP contribution in [0.5, 0.6) is 0 Å². The first kappa shape index (κ1) is 15.0. The minimum absolute atomic E-state index is 0.287. The van der Waals surface area contributed by atoms with Crippen molar-refractivity contribution in [3.63, 3.8) is 0 Å². The molecule has 0 spiro atoms. The van der Waals surface area contributed by atoms with Gasteiger partial charge in [0.1, 0.15) is 11.2 Å². The van der Waals surface area contributed by atoms with Crippen LogP contribution in [-0.4, -0.2) is 23.1 Å². The van der Waals surface area contributed by atoms with Gasteiger partial charge in [0.2, 0.25) is 0 Å². The molecule has 0 heterocycles. The van der Waals surface area contributed by atoms with Gasteiger partial charge in [-0.2, -0.15) is 0 Å². The van der Waals surface area contributed by atoms with Crippen molar-refractivity contribution >= 4 is 11.9 Å². The van der Waals surface area contributed by atoms with E-state index < -0.39 is 11.2 Å². The lowest BCUT2D eigenvalue weighted by molar-refractivity contribution is -0.179. The van der Waals surface area contributed by atoms with Crippen molar-refractivity contribution in [2.75, 3.05) is 0 Å². The van der Waals surface area contributed by atoms with E-state index in [-0.39, 0.29) is 23.8 Å². The number of carbonyl (C=O) groups is 2. The number of hydrogen-bond acceptors (Lipinski definition) is 4. The van der Waals surface area contributed by atoms with Crippen LogP contribution in [0.15, 0.2) is 0 Å². The monoisotopic (exact) mass is 256 g/mol. The highest BCUT2D eigenvalue weighted by Crippen LogP contribution is 2.37. The molecule has 18 heavy (non-hydrogen) atoms. The first-order chi connectivity index (χ1) is 7.99. The smallest absolute Gasteiger partial charge is 0.310 e. The van der Waals surface area contributed by atoms with E-state index in [0.717, 1.165) is 0 Å². The topological polar surface area (TPSA) is 52.6 Å². The molecule has 4 nitrogen and oxygen atoms in total. The van der Waals surface area contributed by atoms with Crippen LogP contribution < -0.4 is 0 Å². The van der Waals surface area contributed by atoms with Gasteiger partial charge in [0, 0.05) is 0 Å². The quantitative estimate of drug-likeness (QED) is 0.713. The minimum Gasteiger partial charge on any atom is -0.460 e. The molecule has 0 unspecified atom stereocenters. The largest absolute Gasteiger partial charge is 0.460 e. The number of rotatable bonds is 2. The summed E-state index contributed by atoms with van der Waals surface area (Å²) in [7, 11) is 0. The number of esters is 2. The van der Waals surface area contributed by atoms with Crippen LogP contribution in [0.4, 0.5) is 0 Å². The highest BCUT2D eigenvalue weighted by molar-refractivity contribution is 5.84. The van der Waals surface area contributed by atoms with Gasteiger partial charge in [-0.15, -0.1) is 0 Å². The molecule has 1 fully saturated rings. The molecule has 104 valence electrons. The minimum atomic E-state index is -0.509. The van der Waals surface area contributed by atoms with Crippen LogP contribution in [0.2, 0.25) is 0 Å². The number of hydrogen-bond donors (Lipinski definition) is 0. The summed E-state index contributed by atoms with van der Waals surface area (Å²) in [6.07, 6.45) is 1.41. The van der Waals surface area contributed by atoms with E-state index >= 15 is 0 Å². The Balaban J connectivity index is 2.56. The summed E-state index contributed by atoms with van der Waals surface area (Å²) < 4.78 is 10.6. The molecule has 0 N–H and O–H groups in total. The fourth-order valence-corrected chi connectivity index (χ4v) is 1.82. The van der Waals surface area contributed by atoms with E-state index in [2.05, 4.69) is 0 Å². The Morgan fingerprint density at radius 2 is 1.06 bits per heavy atom. The molecule has 2 atom stereocenters. The fraction of sp³-hybridized carbons (Fsp3) is 0.857. The SMILES string of the molecule is CC(C)(C)OC(=O)[C@@H]1CC[C@H]1C(=O)OC(C)(C)C. The first-order valence-corrected chi connectivity index (χ1v) is 6.45. The Morgan fingerprint density at radius 1 is 0.778 bits per heavy atom. The lowest BCUT2D eigenvalue weighted by Crippen LogP contribution is -2.44. The highest BCUT2D eigenvalue weighted by atomic mass is 16.6. The first-order valence-electron chi connectivity index (χ1n) is 6.45. The van der Waals surface area contributed by atoms with Crippen molar-refractivity contribution in [3.05, 3.63) is 0 Å². The van der Waals surface area contributed by atoms with Crippen molar-refractivity contribution < 1.29 is 19.1 Å². The molecule has 0 aliphatic heterocycles. The normalized spacial score (nSPS) is 24.1. The van der Waals surface area contributed by atoms with Gasteiger partial charge in [-0.3, -0.25) is 9.59 Å². The van der Waals surface area contributed by atoms with Crippen LogP contribution in [0.1, 0.15) is 54.4 Å². The van der Waals surface area contributed by atoms with Gasteiger partial charge in [0.15, 0.2) is 0 Å². The Labute approximate surface area is 109 Å². The molecule has 1 aliphatic rings. The third-order valence-corrected chi connectivity index (χ3v) is 2.69. The van der Waals surface area contributed by atoms with Gasteiger partial charge < -0.3 is 9.47 Å². The Morgan fingerprint density at radius 3 is 1.22 bits per heavy atom. The summed E-state index contributed by atoms with van der Waals surface area (Å²) in [6.45, 7) is 11.0. The molecular weight excluding hydrogens is 232 g/mol. The molecule has 4 heteroatoms. The predicted molar refractivity (Wildman–Crippen MR) is 67.9 cm³/mol. The van der Waals surface area contributed by atoms with E-state index in [0.29, 0.717) is 12.8 Å². The molecule has 0 amide bonds. The summed E-state index contributed by atoms with van der Waals surface area (Å²) in [5.74, 6) is -1.24. The van der Waals surface area contributed by atoms with Gasteiger partial charge in [0.05, 0.1) is 11.8 Å². The number of carbonyl (C=O) groups excluding carboxylic acids is 2. The molecule has 0 aromatic carbocycles. The molecule has 0 aromatic rings. The lowest BCUT2D eigenvalue weighted by Gasteiger charge is -2.36. The maximum Gasteiger partial charge on any atom is 0.310 e. The molecule has 1 rings (SSSR count). The second-order valence-corrected chi connectivity index (χ2v) is 6.86. The summed E-state index contributed by atoms with van der Waals surface area (Å²) in [4.78, 5) is 23.8. The van der Waals surface area contributed by atoms with E-state index in [4.69, 9.17) is 9.47 Å². The average molecular weight is 256 g/mol. The van der Waals surface area contributed by atoms with Crippen LogP contribution in [0.3, 0.4) is 0 Å². The Bertz CT molecular complexity index is 299. The van der Waals surface area contributed by atoms with Crippen molar-refractivity contribution in [3.8, 4) is 0 Å². The second-order valence-electron chi connectivity index (χ2n) is 6.86. The molecule has 0 bridgehead atoms. The molecule has 1 aliphatic carbocycles. The van der Waals surface area contributed by atoms with Crippen molar-refractivity contribution in [1.82, 2.24) is 0 Å². The third-order valence-electron chi connectivity index (χ3n) is 2.69. The van der Waals surface area contributed by atoms with Crippen molar-refractivity contribution in [2.24, 2.45) is 11.8 Å². The van der Waals surface area contributed by atoms with Crippen LogP contribution in [-0.2, 0) is 19.1 Å². The zero-order valence-electron chi connectivity index (χ0n) is 12.2. The maximum atomic E-state index is 11.9. The summed E-state index contributed by atoms with van der Waals surface area (Å²) >= 11 is 0. The van der Waals surface area contributed by atoms with E-state index in [1.165, 1.54) is 0 Å². The Hall–Kier alpha value is -1.06. The third kappa shape index (κ3) is 4.31. The summed E-state index contributed by atoms with van der Waals surface area (Å²) in [6, 6.07) is 0. The van der Waals surface area contributed by atoms with Crippen LogP contribution in [0, 0.1) is 11.8 Å². The van der Waals surface area contributed by atoms with Gasteiger partial charge in [-0.1, -0.05) is 0 Å². The Kier molecular flexibility index (Phi) is 4.08. The van der Waals surface area contributed by atoms with E-state index in [9.17, 15) is 9.59 Å². The van der Waals surface area contributed by atoms with Crippen molar-refractivity contribution in [1.29, 1.82) is 0 Å². The number of ether oxygens (including phenoxy) is 2. The van der Waals surface area contributed by atoms with Gasteiger partial charge in [0.25, 0.3) is 0 Å². The summed E-state index contributed by atoms with van der Waals surface area (Å²) in [5, 5.41) is 0. The molecule has 0 radical (unpaired) electrons. The zero-order chi connectivity index (χ0) is 14.1. The van der Waals surface area contributed by atoms with Gasteiger partial charge in [-0.25, -0.2) is 0 Å². The van der Waals surface area contributed by atoms with E-state index in [1.807, 2.05) is 41.5 Å². The highest BCUT2D eigenvalue weighted by Gasteiger charge is 2.45. The van der Waals surface area contributed by atoms with E-state index in [1.54, 1.807) is 0 Å². The molecular formula is C14H24O4. The maximum absolute atomic E-state index is 11.9. The summed E-state index contributed by atoms with van der Waals surface area (Å²) in [5.41, 5.74) is -1.02. The van der Waals surface area contributed by atoms with Crippen molar-refractivity contribution in [2.45, 2.75) is 65.6 Å². The second kappa shape index (κ2) is 4.90. The van der Waals surface area contributed by atoms with Gasteiger partial charge >= 0.3 is 11.9 Å². The molecule has 1 saturated carbocycles. The lowest BCUT2D eigenvalue weighted by atomic mass is 9.73. The average Bonchev–Trinajstić information content (AvgIpc) is 1.91. The van der Waals surface area contributed by atoms with Gasteiger partial charge in [-0.05, 0) is 54.4 Å². The predicted octanol–water partition coefficient (Wildman–Crippen LogP) is 2.70. The van der Waals surface area contributed by atoms with Crippen LogP contribution >= 0.6 is 0 Å². The standard InChI is InChI=1S/C14H24O4/c1-13(2,3)17-11(15)9-7-8-10(9)12(16)18-14(4,5)6/h9-10H,7-8H2,1-6H3/t9-,10-/m1/s1.